The number of aliphatic carboxylic acids is 1. The Balaban J connectivity index is 2.15. The van der Waals surface area contributed by atoms with E-state index in [-0.39, 0.29) is 12.5 Å². The summed E-state index contributed by atoms with van der Waals surface area (Å²) in [4.78, 5) is 21.6. The first kappa shape index (κ1) is 16.2. The first-order valence-electron chi connectivity index (χ1n) is 6.23. The van der Waals surface area contributed by atoms with Crippen molar-refractivity contribution >= 4 is 34.0 Å². The second-order valence-electron chi connectivity index (χ2n) is 4.09. The second kappa shape index (κ2) is 9.14. The minimum absolute atomic E-state index is 0.0593. The number of nitrogens with one attached hydrogen (secondary N) is 2. The summed E-state index contributed by atoms with van der Waals surface area (Å²) in [6.07, 6.45) is 4.25. The molecule has 1 rings (SSSR count). The van der Waals surface area contributed by atoms with Gasteiger partial charge in [-0.15, -0.1) is 0 Å². The molecule has 0 fully saturated rings. The summed E-state index contributed by atoms with van der Waals surface area (Å²) in [6.45, 7) is 0.773. The van der Waals surface area contributed by atoms with Gasteiger partial charge in [-0.05, 0) is 24.1 Å². The highest BCUT2D eigenvalue weighted by atomic mass is 79.9. The van der Waals surface area contributed by atoms with Crippen LogP contribution in [0.3, 0.4) is 0 Å². The molecule has 108 valence electrons. The average Bonchev–Trinajstić information content (AvgIpc) is 2.41. The van der Waals surface area contributed by atoms with E-state index in [2.05, 4.69) is 26.6 Å². The molecule has 1 aromatic rings. The van der Waals surface area contributed by atoms with Gasteiger partial charge in [-0.2, -0.15) is 0 Å². The van der Waals surface area contributed by atoms with E-state index in [4.69, 9.17) is 5.11 Å². The van der Waals surface area contributed by atoms with Crippen LogP contribution in [0.15, 0.2) is 34.8 Å². The van der Waals surface area contributed by atoms with Gasteiger partial charge in [0.2, 0.25) is 0 Å². The normalized spacial score (nSPS) is 10.4. The quantitative estimate of drug-likeness (QED) is 0.667. The zero-order valence-electron chi connectivity index (χ0n) is 10.9. The lowest BCUT2D eigenvalue weighted by atomic mass is 10.2. The van der Waals surface area contributed by atoms with Crippen molar-refractivity contribution in [1.82, 2.24) is 10.6 Å². The standard InChI is InChI=1S/C14H17BrN2O3/c15-12-7-5-11(6-8-12)3-1-9-16-14(20)17-10-2-4-13(18)19/h1,3,5-8H,2,4,9-10H2,(H,18,19)(H2,16,17,20)/b3-1+. The third-order valence-corrected chi connectivity index (χ3v) is 2.94. The fraction of sp³-hybridized carbons (Fsp3) is 0.286. The molecule has 0 aliphatic rings. The number of carbonyl (C=O) groups excluding carboxylic acids is 1. The van der Waals surface area contributed by atoms with Gasteiger partial charge in [0.15, 0.2) is 0 Å². The van der Waals surface area contributed by atoms with E-state index in [1.54, 1.807) is 0 Å². The molecule has 6 heteroatoms. The molecule has 1 aromatic carbocycles. The van der Waals surface area contributed by atoms with Crippen LogP contribution < -0.4 is 10.6 Å². The van der Waals surface area contributed by atoms with Crippen molar-refractivity contribution in [1.29, 1.82) is 0 Å². The van der Waals surface area contributed by atoms with E-state index in [0.717, 1.165) is 10.0 Å². The number of carboxylic acids is 1. The van der Waals surface area contributed by atoms with Gasteiger partial charge < -0.3 is 15.7 Å². The van der Waals surface area contributed by atoms with Crippen molar-refractivity contribution in [2.45, 2.75) is 12.8 Å². The molecule has 20 heavy (non-hydrogen) atoms. The summed E-state index contributed by atoms with van der Waals surface area (Å²) >= 11 is 3.36. The lowest BCUT2D eigenvalue weighted by Gasteiger charge is -2.04. The number of carbonyl (C=O) groups is 2. The molecule has 2 amide bonds. The second-order valence-corrected chi connectivity index (χ2v) is 5.00. The lowest BCUT2D eigenvalue weighted by Crippen LogP contribution is -2.36. The Hall–Kier alpha value is -1.82. The molecule has 0 aromatic heterocycles. The molecule has 0 aliphatic carbocycles. The molecule has 0 saturated carbocycles. The molecule has 0 radical (unpaired) electrons. The minimum Gasteiger partial charge on any atom is -0.481 e. The fourth-order valence-corrected chi connectivity index (χ4v) is 1.69. The maximum Gasteiger partial charge on any atom is 0.315 e. The van der Waals surface area contributed by atoms with Crippen LogP contribution in [0.5, 0.6) is 0 Å². The Morgan fingerprint density at radius 3 is 2.55 bits per heavy atom. The van der Waals surface area contributed by atoms with Crippen molar-refractivity contribution in [3.05, 3.63) is 40.4 Å². The van der Waals surface area contributed by atoms with Crippen molar-refractivity contribution < 1.29 is 14.7 Å². The molecule has 3 N–H and O–H groups in total. The van der Waals surface area contributed by atoms with Gasteiger partial charge in [0.25, 0.3) is 0 Å². The summed E-state index contributed by atoms with van der Waals surface area (Å²) in [5.74, 6) is -0.857. The van der Waals surface area contributed by atoms with E-state index in [1.807, 2.05) is 36.4 Å². The summed E-state index contributed by atoms with van der Waals surface area (Å²) in [6, 6.07) is 7.53. The number of carboxylic acid groups (broad SMARTS) is 1. The first-order valence-corrected chi connectivity index (χ1v) is 7.03. The van der Waals surface area contributed by atoms with Crippen LogP contribution in [-0.2, 0) is 4.79 Å². The van der Waals surface area contributed by atoms with Gasteiger partial charge in [-0.3, -0.25) is 4.79 Å². The number of hydrogen-bond acceptors (Lipinski definition) is 2. The summed E-state index contributed by atoms with van der Waals surface area (Å²) in [7, 11) is 0. The summed E-state index contributed by atoms with van der Waals surface area (Å²) < 4.78 is 1.02. The Morgan fingerprint density at radius 2 is 1.90 bits per heavy atom. The summed E-state index contributed by atoms with van der Waals surface area (Å²) in [5.41, 5.74) is 1.05. The van der Waals surface area contributed by atoms with Gasteiger partial charge >= 0.3 is 12.0 Å². The molecule has 0 unspecified atom stereocenters. The van der Waals surface area contributed by atoms with E-state index in [0.29, 0.717) is 19.5 Å². The molecule has 0 spiro atoms. The lowest BCUT2D eigenvalue weighted by molar-refractivity contribution is -0.137. The van der Waals surface area contributed by atoms with Crippen LogP contribution in [0.2, 0.25) is 0 Å². The molecule has 0 aliphatic heterocycles. The molecule has 0 heterocycles. The Labute approximate surface area is 126 Å². The van der Waals surface area contributed by atoms with E-state index < -0.39 is 5.97 Å². The maximum absolute atomic E-state index is 11.3. The van der Waals surface area contributed by atoms with E-state index in [1.165, 1.54) is 0 Å². The highest BCUT2D eigenvalue weighted by molar-refractivity contribution is 9.10. The largest absolute Gasteiger partial charge is 0.481 e. The van der Waals surface area contributed by atoms with Crippen LogP contribution in [0, 0.1) is 0 Å². The van der Waals surface area contributed by atoms with Crippen molar-refractivity contribution in [2.75, 3.05) is 13.1 Å². The van der Waals surface area contributed by atoms with Crippen molar-refractivity contribution in [3.8, 4) is 0 Å². The van der Waals surface area contributed by atoms with Crippen LogP contribution in [0.25, 0.3) is 6.08 Å². The van der Waals surface area contributed by atoms with Gasteiger partial charge in [-0.25, -0.2) is 4.79 Å². The minimum atomic E-state index is -0.857. The van der Waals surface area contributed by atoms with Crippen LogP contribution >= 0.6 is 15.9 Å². The van der Waals surface area contributed by atoms with E-state index in [9.17, 15) is 9.59 Å². The monoisotopic (exact) mass is 340 g/mol. The number of urea groups is 1. The Morgan fingerprint density at radius 1 is 1.20 bits per heavy atom. The van der Waals surface area contributed by atoms with Gasteiger partial charge in [0.05, 0.1) is 0 Å². The zero-order valence-corrected chi connectivity index (χ0v) is 12.5. The zero-order chi connectivity index (χ0) is 14.8. The number of benzene rings is 1. The highest BCUT2D eigenvalue weighted by Gasteiger charge is 1.99. The molecular formula is C14H17BrN2O3. The number of amides is 2. The highest BCUT2D eigenvalue weighted by Crippen LogP contribution is 2.11. The van der Waals surface area contributed by atoms with Gasteiger partial charge in [-0.1, -0.05) is 40.2 Å². The number of rotatable bonds is 7. The van der Waals surface area contributed by atoms with Crippen molar-refractivity contribution in [3.63, 3.8) is 0 Å². The molecule has 5 nitrogen and oxygen atoms in total. The van der Waals surface area contributed by atoms with Crippen LogP contribution in [0.1, 0.15) is 18.4 Å². The summed E-state index contributed by atoms with van der Waals surface area (Å²) in [5, 5.41) is 13.7. The van der Waals surface area contributed by atoms with Crippen LogP contribution in [0.4, 0.5) is 4.79 Å². The van der Waals surface area contributed by atoms with Gasteiger partial charge in [0.1, 0.15) is 0 Å². The molecule has 0 bridgehead atoms. The molecule has 0 saturated heterocycles. The Bertz CT molecular complexity index is 472. The fourth-order valence-electron chi connectivity index (χ4n) is 1.42. The van der Waals surface area contributed by atoms with Gasteiger partial charge in [0, 0.05) is 24.0 Å². The third-order valence-electron chi connectivity index (χ3n) is 2.41. The average molecular weight is 341 g/mol. The van der Waals surface area contributed by atoms with Crippen molar-refractivity contribution in [2.24, 2.45) is 0 Å². The first-order chi connectivity index (χ1) is 9.58. The third kappa shape index (κ3) is 7.58. The predicted molar refractivity (Wildman–Crippen MR) is 81.4 cm³/mol. The molecular weight excluding hydrogens is 324 g/mol. The molecule has 0 atom stereocenters. The predicted octanol–water partition coefficient (Wildman–Crippen LogP) is 2.63. The van der Waals surface area contributed by atoms with Crippen LogP contribution in [-0.4, -0.2) is 30.2 Å². The number of halogens is 1. The maximum atomic E-state index is 11.3. The SMILES string of the molecule is O=C(O)CCCNC(=O)NC/C=C/c1ccc(Br)cc1. The Kier molecular flexibility index (Phi) is 7.42. The number of hydrogen-bond donors (Lipinski definition) is 3. The van der Waals surface area contributed by atoms with E-state index >= 15 is 0 Å². The topological polar surface area (TPSA) is 78.4 Å². The smallest absolute Gasteiger partial charge is 0.315 e.